The number of nitriles is 1. The third-order valence-corrected chi connectivity index (χ3v) is 5.75. The van der Waals surface area contributed by atoms with Crippen molar-refractivity contribution in [2.24, 2.45) is 10.7 Å². The molecule has 10 heteroatoms. The van der Waals surface area contributed by atoms with Crippen molar-refractivity contribution in [1.82, 2.24) is 19.6 Å². The van der Waals surface area contributed by atoms with Gasteiger partial charge in [-0.15, -0.1) is 0 Å². The summed E-state index contributed by atoms with van der Waals surface area (Å²) in [6, 6.07) is 11.5. The molecular formula is C26H25FN8O. The molecule has 0 spiro atoms. The van der Waals surface area contributed by atoms with Crippen LogP contribution < -0.4 is 15.4 Å². The Kier molecular flexibility index (Phi) is 7.20. The molecule has 0 amide bonds. The van der Waals surface area contributed by atoms with Gasteiger partial charge in [0.1, 0.15) is 17.6 Å². The van der Waals surface area contributed by atoms with Crippen LogP contribution >= 0.6 is 0 Å². The van der Waals surface area contributed by atoms with Gasteiger partial charge in [0.2, 0.25) is 0 Å². The first-order valence-electron chi connectivity index (χ1n) is 11.3. The van der Waals surface area contributed by atoms with Crippen molar-refractivity contribution in [1.29, 1.82) is 5.26 Å². The first-order valence-corrected chi connectivity index (χ1v) is 11.3. The topological polar surface area (TPSA) is 118 Å². The van der Waals surface area contributed by atoms with Crippen LogP contribution in [0, 0.1) is 11.3 Å². The summed E-state index contributed by atoms with van der Waals surface area (Å²) in [5.41, 5.74) is 8.87. The second-order valence-electron chi connectivity index (χ2n) is 7.94. The average molecular weight is 485 g/mol. The van der Waals surface area contributed by atoms with Crippen LogP contribution in [0.5, 0.6) is 5.75 Å². The Morgan fingerprint density at radius 2 is 2.11 bits per heavy atom. The molecule has 0 fully saturated rings. The molecule has 4 heterocycles. The number of anilines is 1. The molecule has 4 aromatic heterocycles. The Morgan fingerprint density at radius 3 is 2.75 bits per heavy atom. The van der Waals surface area contributed by atoms with E-state index >= 15 is 0 Å². The van der Waals surface area contributed by atoms with Gasteiger partial charge in [0.05, 0.1) is 42.3 Å². The molecule has 0 saturated carbocycles. The second-order valence-corrected chi connectivity index (χ2v) is 7.94. The number of pyridine rings is 3. The lowest BCUT2D eigenvalue weighted by Gasteiger charge is -2.26. The first-order chi connectivity index (χ1) is 17.4. The van der Waals surface area contributed by atoms with E-state index in [1.54, 1.807) is 35.4 Å². The molecule has 0 aliphatic heterocycles. The Bertz CT molecular complexity index is 1450. The Labute approximate surface area is 208 Å². The highest BCUT2D eigenvalue weighted by Crippen LogP contribution is 2.32. The van der Waals surface area contributed by atoms with Crippen LogP contribution in [0.25, 0.3) is 16.6 Å². The summed E-state index contributed by atoms with van der Waals surface area (Å²) in [7, 11) is 1.94. The van der Waals surface area contributed by atoms with Crippen LogP contribution in [0.15, 0.2) is 72.1 Å². The number of aromatic nitrogens is 4. The van der Waals surface area contributed by atoms with E-state index in [4.69, 9.17) is 10.5 Å². The van der Waals surface area contributed by atoms with E-state index in [0.717, 1.165) is 34.9 Å². The van der Waals surface area contributed by atoms with Crippen LogP contribution in [-0.4, -0.2) is 39.5 Å². The molecule has 36 heavy (non-hydrogen) atoms. The number of allylic oxidation sites excluding steroid dienone is 1. The number of halogens is 1. The normalized spacial score (nSPS) is 12.6. The van der Waals surface area contributed by atoms with Gasteiger partial charge in [-0.05, 0) is 43.7 Å². The minimum Gasteiger partial charge on any atom is -0.492 e. The van der Waals surface area contributed by atoms with Crippen molar-refractivity contribution >= 4 is 23.4 Å². The fraction of sp³-hybridized carbons (Fsp3) is 0.192. The Balaban J connectivity index is 1.58. The highest BCUT2D eigenvalue weighted by Gasteiger charge is 2.17. The molecule has 1 atom stereocenters. The largest absolute Gasteiger partial charge is 0.492 e. The van der Waals surface area contributed by atoms with Gasteiger partial charge >= 0.3 is 0 Å². The minimum absolute atomic E-state index is 0.0393. The summed E-state index contributed by atoms with van der Waals surface area (Å²) >= 11 is 0. The van der Waals surface area contributed by atoms with Gasteiger partial charge in [0, 0.05) is 36.8 Å². The zero-order chi connectivity index (χ0) is 25.7. The number of fused-ring (bicyclic) bond motifs is 1. The van der Waals surface area contributed by atoms with E-state index in [2.05, 4.69) is 26.1 Å². The third-order valence-electron chi connectivity index (χ3n) is 5.75. The number of nitrogens with zero attached hydrogens (tertiary/aromatic N) is 7. The van der Waals surface area contributed by atoms with Crippen LogP contribution in [0.2, 0.25) is 0 Å². The Hall–Kier alpha value is -4.78. The molecular weight excluding hydrogens is 459 g/mol. The molecule has 0 bridgehead atoms. The van der Waals surface area contributed by atoms with Crippen molar-refractivity contribution in [3.05, 3.63) is 78.3 Å². The molecule has 0 saturated heterocycles. The molecule has 9 nitrogen and oxygen atoms in total. The van der Waals surface area contributed by atoms with Gasteiger partial charge in [-0.1, -0.05) is 6.07 Å². The SMILES string of the molecule is CCOc1cc(-c2ccc(N(C)C(C)c3ccc(N=CC(F)=CN)nc3)nc2)c2c(C#N)cnn2c1. The number of hydrogen-bond acceptors (Lipinski definition) is 8. The summed E-state index contributed by atoms with van der Waals surface area (Å²) < 4.78 is 20.5. The molecule has 0 aliphatic carbocycles. The minimum atomic E-state index is -0.633. The number of nitrogens with two attached hydrogens (primary N) is 1. The van der Waals surface area contributed by atoms with Gasteiger partial charge in [0.25, 0.3) is 0 Å². The van der Waals surface area contributed by atoms with Gasteiger partial charge in [-0.3, -0.25) is 0 Å². The molecule has 4 aromatic rings. The van der Waals surface area contributed by atoms with Crippen LogP contribution in [-0.2, 0) is 0 Å². The summed E-state index contributed by atoms with van der Waals surface area (Å²) in [5, 5.41) is 13.8. The average Bonchev–Trinajstić information content (AvgIpc) is 3.34. The molecule has 2 N–H and O–H groups in total. The monoisotopic (exact) mass is 484 g/mol. The zero-order valence-electron chi connectivity index (χ0n) is 20.1. The summed E-state index contributed by atoms with van der Waals surface area (Å²) in [5.74, 6) is 1.16. The fourth-order valence-electron chi connectivity index (χ4n) is 3.71. The fourth-order valence-corrected chi connectivity index (χ4v) is 3.71. The van der Waals surface area contributed by atoms with E-state index in [0.29, 0.717) is 29.3 Å². The number of hydrogen-bond donors (Lipinski definition) is 1. The highest BCUT2D eigenvalue weighted by atomic mass is 19.1. The predicted octanol–water partition coefficient (Wildman–Crippen LogP) is 4.73. The van der Waals surface area contributed by atoms with Crippen molar-refractivity contribution in [3.63, 3.8) is 0 Å². The second kappa shape index (κ2) is 10.7. The van der Waals surface area contributed by atoms with Gasteiger partial charge in [0.15, 0.2) is 11.6 Å². The van der Waals surface area contributed by atoms with Crippen molar-refractivity contribution in [2.45, 2.75) is 19.9 Å². The smallest absolute Gasteiger partial charge is 0.156 e. The maximum atomic E-state index is 13.1. The van der Waals surface area contributed by atoms with Crippen molar-refractivity contribution in [3.8, 4) is 22.9 Å². The van der Waals surface area contributed by atoms with Crippen LogP contribution in [0.4, 0.5) is 16.0 Å². The molecule has 1 unspecified atom stereocenters. The van der Waals surface area contributed by atoms with Crippen LogP contribution in [0.1, 0.15) is 31.0 Å². The Morgan fingerprint density at radius 1 is 1.28 bits per heavy atom. The van der Waals surface area contributed by atoms with Crippen molar-refractivity contribution < 1.29 is 9.13 Å². The maximum Gasteiger partial charge on any atom is 0.156 e. The molecule has 4 rings (SSSR count). The summed E-state index contributed by atoms with van der Waals surface area (Å²) in [4.78, 5) is 14.9. The lowest BCUT2D eigenvalue weighted by Crippen LogP contribution is -2.22. The van der Waals surface area contributed by atoms with E-state index in [1.165, 1.54) is 0 Å². The maximum absolute atomic E-state index is 13.1. The third kappa shape index (κ3) is 5.00. The number of ether oxygens (including phenoxy) is 1. The number of aliphatic imine (C=N–C) groups is 1. The summed E-state index contributed by atoms with van der Waals surface area (Å²) in [6.07, 6.45) is 8.63. The van der Waals surface area contributed by atoms with Gasteiger partial charge in [-0.25, -0.2) is 23.9 Å². The van der Waals surface area contributed by atoms with Crippen molar-refractivity contribution in [2.75, 3.05) is 18.6 Å². The predicted molar refractivity (Wildman–Crippen MR) is 137 cm³/mol. The lowest BCUT2D eigenvalue weighted by atomic mass is 10.0. The molecule has 182 valence electrons. The van der Waals surface area contributed by atoms with E-state index < -0.39 is 5.83 Å². The lowest BCUT2D eigenvalue weighted by molar-refractivity contribution is 0.338. The summed E-state index contributed by atoms with van der Waals surface area (Å²) in [6.45, 7) is 4.46. The quantitative estimate of drug-likeness (QED) is 0.359. The molecule has 0 radical (unpaired) electrons. The first kappa shape index (κ1) is 24.3. The van der Waals surface area contributed by atoms with Gasteiger partial charge in [-0.2, -0.15) is 10.4 Å². The highest BCUT2D eigenvalue weighted by molar-refractivity contribution is 5.85. The van der Waals surface area contributed by atoms with Crippen LogP contribution in [0.3, 0.4) is 0 Å². The van der Waals surface area contributed by atoms with Gasteiger partial charge < -0.3 is 15.4 Å². The zero-order valence-corrected chi connectivity index (χ0v) is 20.1. The van der Waals surface area contributed by atoms with E-state index in [-0.39, 0.29) is 6.04 Å². The molecule has 0 aromatic carbocycles. The van der Waals surface area contributed by atoms with E-state index in [9.17, 15) is 9.65 Å². The number of rotatable bonds is 8. The molecule has 0 aliphatic rings. The standard InChI is InChI=1S/C26H25FN8O/c1-4-36-22-9-23(26-20(10-28)14-33-35(26)16-22)19-6-8-25(32-13-19)34(3)17(2)18-5-7-24(30-12-18)31-15-21(27)11-29/h5-9,11-17H,4,29H2,1-3H3. The van der Waals surface area contributed by atoms with E-state index in [1.807, 2.05) is 50.1 Å².